The predicted molar refractivity (Wildman–Crippen MR) is 56.3 cm³/mol. The second kappa shape index (κ2) is 9.68. The summed E-state index contributed by atoms with van der Waals surface area (Å²) in [7, 11) is 0. The zero-order chi connectivity index (χ0) is 9.61. The van der Waals surface area contributed by atoms with Crippen LogP contribution < -0.4 is 0 Å². The van der Waals surface area contributed by atoms with Crippen LogP contribution in [0.3, 0.4) is 0 Å². The van der Waals surface area contributed by atoms with Crippen LogP contribution in [0.5, 0.6) is 0 Å². The van der Waals surface area contributed by atoms with Crippen molar-refractivity contribution >= 4 is 5.97 Å². The van der Waals surface area contributed by atoms with Gasteiger partial charge in [0.1, 0.15) is 0 Å². The summed E-state index contributed by atoms with van der Waals surface area (Å²) in [5, 5.41) is 8.39. The molecule has 0 bridgehead atoms. The molecule has 0 aliphatic heterocycles. The molecule has 87 valence electrons. The Morgan fingerprint density at radius 2 is 1.86 bits per heavy atom. The van der Waals surface area contributed by atoms with Crippen molar-refractivity contribution in [3.8, 4) is 0 Å². The molecule has 3 heteroatoms. The van der Waals surface area contributed by atoms with E-state index in [1.165, 1.54) is 0 Å². The SMILES string of the molecule is C[CH-]C(C)(C)CCCCC(=O)O.[CH3-].[Re]. The minimum absolute atomic E-state index is 0. The zero-order valence-electron chi connectivity index (χ0n) is 9.64. The number of unbranched alkanes of at least 4 members (excludes halogenated alkanes) is 1. The molecule has 2 nitrogen and oxygen atoms in total. The first kappa shape index (κ1) is 19.7. The Kier molecular flexibility index (Phi) is 13.6. The summed E-state index contributed by atoms with van der Waals surface area (Å²) in [6.07, 6.45) is 5.36. The van der Waals surface area contributed by atoms with Crippen molar-refractivity contribution in [3.05, 3.63) is 13.8 Å². The topological polar surface area (TPSA) is 37.3 Å². The first-order valence-electron chi connectivity index (χ1n) is 4.50. The summed E-state index contributed by atoms with van der Waals surface area (Å²) < 4.78 is 0. The van der Waals surface area contributed by atoms with Gasteiger partial charge in [-0.3, -0.25) is 4.79 Å². The Bertz CT molecular complexity index is 144. The molecule has 0 aromatic heterocycles. The molecule has 0 saturated heterocycles. The quantitative estimate of drug-likeness (QED) is 0.574. The molecule has 0 aromatic rings. The molecule has 14 heavy (non-hydrogen) atoms. The molecule has 0 atom stereocenters. The molecular weight excluding hydrogens is 350 g/mol. The predicted octanol–water partition coefficient (Wildman–Crippen LogP) is 3.33. The largest absolute Gasteiger partial charge is 0.481 e. The van der Waals surface area contributed by atoms with Crippen LogP contribution in [0.2, 0.25) is 0 Å². The summed E-state index contributed by atoms with van der Waals surface area (Å²) in [6, 6.07) is 0. The molecule has 0 spiro atoms. The van der Waals surface area contributed by atoms with Crippen molar-refractivity contribution in [3.63, 3.8) is 0 Å². The normalized spacial score (nSPS) is 9.93. The van der Waals surface area contributed by atoms with Gasteiger partial charge in [0.05, 0.1) is 0 Å². The summed E-state index contributed by atoms with van der Waals surface area (Å²) >= 11 is 0. The molecule has 0 aliphatic carbocycles. The smallest absolute Gasteiger partial charge is 0.303 e. The minimum atomic E-state index is -0.687. The van der Waals surface area contributed by atoms with E-state index in [2.05, 4.69) is 27.2 Å². The third-order valence-electron chi connectivity index (χ3n) is 2.24. The van der Waals surface area contributed by atoms with Crippen LogP contribution in [0.15, 0.2) is 0 Å². The van der Waals surface area contributed by atoms with E-state index < -0.39 is 5.97 Å². The van der Waals surface area contributed by atoms with Gasteiger partial charge >= 0.3 is 5.97 Å². The van der Waals surface area contributed by atoms with Gasteiger partial charge in [0.2, 0.25) is 0 Å². The number of carboxylic acid groups (broad SMARTS) is 1. The molecule has 0 rings (SSSR count). The van der Waals surface area contributed by atoms with Gasteiger partial charge < -0.3 is 19.0 Å². The first-order chi connectivity index (χ1) is 5.48. The van der Waals surface area contributed by atoms with Crippen LogP contribution in [-0.2, 0) is 25.2 Å². The summed E-state index contributed by atoms with van der Waals surface area (Å²) in [5.41, 5.74) is 0.262. The number of carboxylic acids is 1. The van der Waals surface area contributed by atoms with Gasteiger partial charge in [-0.15, -0.1) is 0 Å². The van der Waals surface area contributed by atoms with Crippen LogP contribution in [0, 0.1) is 19.3 Å². The van der Waals surface area contributed by atoms with E-state index in [0.717, 1.165) is 19.3 Å². The van der Waals surface area contributed by atoms with Gasteiger partial charge in [-0.25, -0.2) is 0 Å². The fraction of sp³-hybridized carbons (Fsp3) is 0.727. The van der Waals surface area contributed by atoms with Crippen LogP contribution in [0.1, 0.15) is 46.5 Å². The van der Waals surface area contributed by atoms with Gasteiger partial charge in [0.25, 0.3) is 0 Å². The maximum atomic E-state index is 10.2. The Balaban J connectivity index is -0.000000605. The van der Waals surface area contributed by atoms with E-state index >= 15 is 0 Å². The van der Waals surface area contributed by atoms with Crippen LogP contribution in [0.25, 0.3) is 0 Å². The Labute approximate surface area is 102 Å². The molecule has 1 radical (unpaired) electrons. The first-order valence-corrected chi connectivity index (χ1v) is 4.50. The number of aliphatic carboxylic acids is 1. The molecule has 0 aromatic carbocycles. The van der Waals surface area contributed by atoms with Crippen molar-refractivity contribution in [1.82, 2.24) is 0 Å². The summed E-state index contributed by atoms with van der Waals surface area (Å²) in [6.45, 7) is 6.40. The average Bonchev–Trinajstić information content (AvgIpc) is 1.98. The molecule has 0 saturated carbocycles. The zero-order valence-corrected chi connectivity index (χ0v) is 12.4. The third kappa shape index (κ3) is 12.1. The second-order valence-electron chi connectivity index (χ2n) is 3.88. The van der Waals surface area contributed by atoms with Gasteiger partial charge in [-0.1, -0.05) is 26.7 Å². The Hall–Kier alpha value is 0.132. The fourth-order valence-electron chi connectivity index (χ4n) is 1.00. The number of hydrogen-bond donors (Lipinski definition) is 1. The molecule has 0 aliphatic rings. The molecule has 0 fully saturated rings. The molecule has 0 amide bonds. The number of hydrogen-bond acceptors (Lipinski definition) is 1. The van der Waals surface area contributed by atoms with Crippen molar-refractivity contribution in [2.24, 2.45) is 5.41 Å². The molecular formula is C11H22O2Re-2. The van der Waals surface area contributed by atoms with Gasteiger partial charge in [-0.05, 0) is 6.42 Å². The second-order valence-corrected chi connectivity index (χ2v) is 3.88. The Morgan fingerprint density at radius 3 is 2.21 bits per heavy atom. The van der Waals surface area contributed by atoms with Crippen molar-refractivity contribution in [2.45, 2.75) is 46.5 Å². The average molecular weight is 373 g/mol. The van der Waals surface area contributed by atoms with Crippen LogP contribution in [0.4, 0.5) is 0 Å². The van der Waals surface area contributed by atoms with E-state index in [9.17, 15) is 4.79 Å². The third-order valence-corrected chi connectivity index (χ3v) is 2.24. The van der Waals surface area contributed by atoms with Crippen LogP contribution >= 0.6 is 0 Å². The maximum absolute atomic E-state index is 10.2. The molecule has 0 heterocycles. The summed E-state index contributed by atoms with van der Waals surface area (Å²) in [5.74, 6) is -0.687. The van der Waals surface area contributed by atoms with Gasteiger partial charge in [0, 0.05) is 26.8 Å². The van der Waals surface area contributed by atoms with Crippen LogP contribution in [-0.4, -0.2) is 11.1 Å². The van der Waals surface area contributed by atoms with E-state index in [1.54, 1.807) is 0 Å². The molecule has 1 N–H and O–H groups in total. The van der Waals surface area contributed by atoms with E-state index in [1.807, 2.05) is 0 Å². The van der Waals surface area contributed by atoms with Crippen molar-refractivity contribution in [1.29, 1.82) is 0 Å². The van der Waals surface area contributed by atoms with Crippen molar-refractivity contribution < 1.29 is 30.3 Å². The van der Waals surface area contributed by atoms with E-state index in [4.69, 9.17) is 5.11 Å². The van der Waals surface area contributed by atoms with Crippen molar-refractivity contribution in [2.75, 3.05) is 0 Å². The number of rotatable bonds is 6. The monoisotopic (exact) mass is 373 g/mol. The Morgan fingerprint density at radius 1 is 1.36 bits per heavy atom. The minimum Gasteiger partial charge on any atom is -0.481 e. The summed E-state index contributed by atoms with van der Waals surface area (Å²) in [4.78, 5) is 10.2. The van der Waals surface area contributed by atoms with Gasteiger partial charge in [-0.2, -0.15) is 12.3 Å². The number of carbonyl (C=O) groups is 1. The maximum Gasteiger partial charge on any atom is 0.303 e. The fourth-order valence-corrected chi connectivity index (χ4v) is 1.00. The molecule has 0 unspecified atom stereocenters. The standard InChI is InChI=1S/C10H19O2.CH3.Re/c1-4-10(2,3)8-6-5-7-9(11)12;;/h4H,5-8H2,1-3H3,(H,11,12);1H3;/q2*-1;. The van der Waals surface area contributed by atoms with E-state index in [0.29, 0.717) is 6.42 Å². The van der Waals surface area contributed by atoms with E-state index in [-0.39, 0.29) is 33.3 Å². The van der Waals surface area contributed by atoms with Gasteiger partial charge in [0.15, 0.2) is 0 Å².